The lowest BCUT2D eigenvalue weighted by atomic mass is 10.3. The van der Waals surface area contributed by atoms with E-state index in [0.717, 1.165) is 0 Å². The van der Waals surface area contributed by atoms with Crippen molar-refractivity contribution in [3.63, 3.8) is 0 Å². The molecule has 0 amide bonds. The van der Waals surface area contributed by atoms with Gasteiger partial charge in [0.2, 0.25) is 0 Å². The molecule has 0 saturated heterocycles. The Bertz CT molecular complexity index is 530. The smallest absolute Gasteiger partial charge is 0.260 e. The molecule has 0 fully saturated rings. The zero-order chi connectivity index (χ0) is 10.8. The molecule has 0 unspecified atom stereocenters. The van der Waals surface area contributed by atoms with Crippen LogP contribution in [0.1, 0.15) is 10.6 Å². The Kier molecular flexibility index (Phi) is 2.21. The number of imidazole rings is 1. The minimum Gasteiger partial charge on any atom is -0.497 e. The Morgan fingerprint density at radius 3 is 3.00 bits per heavy atom. The first-order valence-electron chi connectivity index (χ1n) is 4.28. The number of Topliss-reactive ketones (excluding diaryl/α,β-unsaturated/α-hetero) is 1. The fourth-order valence-corrected chi connectivity index (χ4v) is 1.29. The molecule has 2 aromatic rings. The van der Waals surface area contributed by atoms with E-state index in [1.807, 2.05) is 0 Å². The van der Waals surface area contributed by atoms with Gasteiger partial charge in [0.05, 0.1) is 18.1 Å². The van der Waals surface area contributed by atoms with Gasteiger partial charge in [0.25, 0.3) is 5.78 Å². The molecule has 0 bridgehead atoms. The van der Waals surface area contributed by atoms with Crippen LogP contribution in [0.2, 0.25) is 0 Å². The summed E-state index contributed by atoms with van der Waals surface area (Å²) in [5, 5.41) is 0. The number of benzene rings is 1. The second-order valence-electron chi connectivity index (χ2n) is 2.95. The average Bonchev–Trinajstić information content (AvgIpc) is 2.70. The lowest BCUT2D eigenvalue weighted by molar-refractivity contribution is -0.104. The van der Waals surface area contributed by atoms with Gasteiger partial charge >= 0.3 is 0 Å². The molecule has 76 valence electrons. The topological polar surface area (TPSA) is 72.0 Å². The summed E-state index contributed by atoms with van der Waals surface area (Å²) < 4.78 is 5.02. The predicted octanol–water partition coefficient (Wildman–Crippen LogP) is 0.953. The second kappa shape index (κ2) is 3.53. The standard InChI is InChI=1S/C10H8N2O3/c1-15-6-2-3-7-8(4-6)12-10(11-7)9(14)5-13/h2-5H,1H3,(H,11,12). The minimum atomic E-state index is -0.662. The molecule has 5 heteroatoms. The number of rotatable bonds is 3. The van der Waals surface area contributed by atoms with E-state index in [4.69, 9.17) is 4.74 Å². The third-order valence-corrected chi connectivity index (χ3v) is 2.03. The fraction of sp³-hybridized carbons (Fsp3) is 0.100. The summed E-state index contributed by atoms with van der Waals surface area (Å²) in [6.45, 7) is 0. The summed E-state index contributed by atoms with van der Waals surface area (Å²) >= 11 is 0. The highest BCUT2D eigenvalue weighted by Crippen LogP contribution is 2.18. The number of nitrogens with zero attached hydrogens (tertiary/aromatic N) is 1. The lowest BCUT2D eigenvalue weighted by Gasteiger charge is -1.96. The molecule has 2 rings (SSSR count). The molecule has 1 aromatic heterocycles. The van der Waals surface area contributed by atoms with Crippen molar-refractivity contribution in [1.29, 1.82) is 0 Å². The number of aromatic nitrogens is 2. The first-order valence-corrected chi connectivity index (χ1v) is 4.28. The number of ether oxygens (including phenoxy) is 1. The maximum atomic E-state index is 11.0. The minimum absolute atomic E-state index is 0.0493. The number of aldehydes is 1. The molecule has 0 spiro atoms. The van der Waals surface area contributed by atoms with Crippen LogP contribution < -0.4 is 4.74 Å². The van der Waals surface area contributed by atoms with Crippen molar-refractivity contribution in [3.05, 3.63) is 24.0 Å². The van der Waals surface area contributed by atoms with E-state index in [0.29, 0.717) is 16.8 Å². The first-order chi connectivity index (χ1) is 7.24. The molecule has 0 aliphatic carbocycles. The van der Waals surface area contributed by atoms with Crippen molar-refractivity contribution in [2.45, 2.75) is 0 Å². The molecule has 0 radical (unpaired) electrons. The van der Waals surface area contributed by atoms with Crippen molar-refractivity contribution in [1.82, 2.24) is 9.97 Å². The predicted molar refractivity (Wildman–Crippen MR) is 53.0 cm³/mol. The van der Waals surface area contributed by atoms with Gasteiger partial charge in [-0.1, -0.05) is 0 Å². The average molecular weight is 204 g/mol. The van der Waals surface area contributed by atoms with Gasteiger partial charge in [0.15, 0.2) is 12.1 Å². The van der Waals surface area contributed by atoms with Crippen molar-refractivity contribution in [2.75, 3.05) is 7.11 Å². The van der Waals surface area contributed by atoms with Gasteiger partial charge in [-0.05, 0) is 12.1 Å². The van der Waals surface area contributed by atoms with Crippen molar-refractivity contribution >= 4 is 23.1 Å². The number of fused-ring (bicyclic) bond motifs is 1. The van der Waals surface area contributed by atoms with E-state index in [9.17, 15) is 9.59 Å². The molecule has 0 aliphatic heterocycles. The molecule has 0 saturated carbocycles. The first kappa shape index (κ1) is 9.39. The van der Waals surface area contributed by atoms with Gasteiger partial charge < -0.3 is 9.72 Å². The third kappa shape index (κ3) is 1.59. The van der Waals surface area contributed by atoms with Gasteiger partial charge in [-0.2, -0.15) is 0 Å². The van der Waals surface area contributed by atoms with Crippen molar-refractivity contribution < 1.29 is 14.3 Å². The molecule has 1 N–H and O–H groups in total. The Balaban J connectivity index is 2.55. The summed E-state index contributed by atoms with van der Waals surface area (Å²) in [4.78, 5) is 28.0. The van der Waals surface area contributed by atoms with E-state index in [1.165, 1.54) is 0 Å². The van der Waals surface area contributed by atoms with Crippen LogP contribution in [-0.4, -0.2) is 29.1 Å². The molecule has 1 aromatic carbocycles. The Morgan fingerprint density at radius 2 is 2.33 bits per heavy atom. The molecule has 0 aliphatic rings. The SMILES string of the molecule is COc1ccc2nc(C(=O)C=O)[nH]c2c1. The van der Waals surface area contributed by atoms with Crippen molar-refractivity contribution in [3.8, 4) is 5.75 Å². The quantitative estimate of drug-likeness (QED) is 0.459. The Labute approximate surface area is 85.1 Å². The van der Waals surface area contributed by atoms with Crippen LogP contribution in [0.3, 0.4) is 0 Å². The van der Waals surface area contributed by atoms with Crippen LogP contribution >= 0.6 is 0 Å². The molecule has 1 heterocycles. The molecule has 0 atom stereocenters. The zero-order valence-corrected chi connectivity index (χ0v) is 7.98. The van der Waals surface area contributed by atoms with Crippen LogP contribution in [0.5, 0.6) is 5.75 Å². The van der Waals surface area contributed by atoms with Crippen LogP contribution in [-0.2, 0) is 4.79 Å². The van der Waals surface area contributed by atoms with E-state index in [1.54, 1.807) is 25.3 Å². The summed E-state index contributed by atoms with van der Waals surface area (Å²) in [5.41, 5.74) is 1.29. The summed E-state index contributed by atoms with van der Waals surface area (Å²) in [5.74, 6) is 0.0506. The van der Waals surface area contributed by atoms with Crippen LogP contribution in [0.25, 0.3) is 11.0 Å². The Morgan fingerprint density at radius 1 is 1.53 bits per heavy atom. The lowest BCUT2D eigenvalue weighted by Crippen LogP contribution is -2.01. The number of H-pyrrole nitrogens is 1. The molecular formula is C10H8N2O3. The number of methoxy groups -OCH3 is 1. The third-order valence-electron chi connectivity index (χ3n) is 2.03. The molecule has 15 heavy (non-hydrogen) atoms. The van der Waals surface area contributed by atoms with Gasteiger partial charge in [-0.3, -0.25) is 9.59 Å². The van der Waals surface area contributed by atoms with E-state index in [2.05, 4.69) is 9.97 Å². The highest BCUT2D eigenvalue weighted by atomic mass is 16.5. The fourth-order valence-electron chi connectivity index (χ4n) is 1.29. The van der Waals surface area contributed by atoms with Gasteiger partial charge in [0, 0.05) is 6.07 Å². The van der Waals surface area contributed by atoms with E-state index >= 15 is 0 Å². The number of hydrogen-bond donors (Lipinski definition) is 1. The molecule has 5 nitrogen and oxygen atoms in total. The highest BCUT2D eigenvalue weighted by Gasteiger charge is 2.10. The number of aromatic amines is 1. The van der Waals surface area contributed by atoms with Crippen LogP contribution in [0.4, 0.5) is 0 Å². The monoisotopic (exact) mass is 204 g/mol. The van der Waals surface area contributed by atoms with Crippen LogP contribution in [0.15, 0.2) is 18.2 Å². The summed E-state index contributed by atoms with van der Waals surface area (Å²) in [7, 11) is 1.55. The number of ketones is 1. The van der Waals surface area contributed by atoms with Gasteiger partial charge in [-0.15, -0.1) is 0 Å². The maximum Gasteiger partial charge on any atom is 0.260 e. The van der Waals surface area contributed by atoms with Crippen LogP contribution in [0, 0.1) is 0 Å². The number of carbonyl (C=O) groups is 2. The van der Waals surface area contributed by atoms with E-state index in [-0.39, 0.29) is 12.1 Å². The summed E-state index contributed by atoms with van der Waals surface area (Å²) in [6, 6.07) is 5.16. The highest BCUT2D eigenvalue weighted by molar-refractivity contribution is 6.32. The normalized spacial score (nSPS) is 10.2. The summed E-state index contributed by atoms with van der Waals surface area (Å²) in [6.07, 6.45) is 0.231. The van der Waals surface area contributed by atoms with Gasteiger partial charge in [0.1, 0.15) is 5.75 Å². The number of nitrogens with one attached hydrogen (secondary N) is 1. The number of carbonyl (C=O) groups excluding carboxylic acids is 2. The zero-order valence-electron chi connectivity index (χ0n) is 7.98. The van der Waals surface area contributed by atoms with E-state index < -0.39 is 5.78 Å². The Hall–Kier alpha value is -2.17. The van der Waals surface area contributed by atoms with Crippen molar-refractivity contribution in [2.24, 2.45) is 0 Å². The largest absolute Gasteiger partial charge is 0.497 e. The van der Waals surface area contributed by atoms with Gasteiger partial charge in [-0.25, -0.2) is 4.98 Å². The molecular weight excluding hydrogens is 196 g/mol. The maximum absolute atomic E-state index is 11.0. The second-order valence-corrected chi connectivity index (χ2v) is 2.95. The number of hydrogen-bond acceptors (Lipinski definition) is 4.